The minimum Gasteiger partial charge on any atom is -0.453 e. The first-order valence-electron chi connectivity index (χ1n) is 8.75. The van der Waals surface area contributed by atoms with Gasteiger partial charge in [-0.2, -0.15) is 0 Å². The van der Waals surface area contributed by atoms with Crippen molar-refractivity contribution in [3.05, 3.63) is 52.3 Å². The average molecular weight is 380 g/mol. The number of nitrogens with zero attached hydrogens (tertiary/aromatic N) is 2. The summed E-state index contributed by atoms with van der Waals surface area (Å²) >= 11 is 0. The Morgan fingerprint density at radius 1 is 1.08 bits per heavy atom. The molecule has 2 aromatic rings. The summed E-state index contributed by atoms with van der Waals surface area (Å²) in [6.45, 7) is 5.98. The number of nitrogens with one attached hydrogen (secondary N) is 1. The number of furan rings is 1. The topological polar surface area (TPSA) is 83.4 Å². The maximum Gasteiger partial charge on any atom is 0.269 e. The Morgan fingerprint density at radius 2 is 1.65 bits per heavy atom. The van der Waals surface area contributed by atoms with Crippen molar-refractivity contribution >= 4 is 23.9 Å². The lowest BCUT2D eigenvalue weighted by molar-refractivity contribution is -0.384. The van der Waals surface area contributed by atoms with E-state index in [0.29, 0.717) is 17.4 Å². The van der Waals surface area contributed by atoms with Crippen LogP contribution in [0, 0.1) is 15.5 Å². The predicted octanol–water partition coefficient (Wildman–Crippen LogP) is 5.50. The number of benzene rings is 1. The van der Waals surface area contributed by atoms with Gasteiger partial charge in [0.05, 0.1) is 4.92 Å². The van der Waals surface area contributed by atoms with E-state index in [2.05, 4.69) is 18.7 Å². The van der Waals surface area contributed by atoms with Crippen LogP contribution in [0.25, 0.3) is 11.3 Å². The van der Waals surface area contributed by atoms with Gasteiger partial charge in [0.2, 0.25) is 0 Å². The number of non-ortho nitro benzene ring substituents is 1. The Balaban J connectivity index is 0.00000338. The first kappa shape index (κ1) is 21.7. The van der Waals surface area contributed by atoms with Gasteiger partial charge in [-0.25, -0.2) is 0 Å². The third kappa shape index (κ3) is 5.59. The predicted molar refractivity (Wildman–Crippen MR) is 106 cm³/mol. The minimum absolute atomic E-state index is 0. The first-order chi connectivity index (χ1) is 12.1. The molecule has 1 aromatic carbocycles. The molecule has 1 heterocycles. The number of rotatable bonds is 9. The van der Waals surface area contributed by atoms with Crippen LogP contribution in [0.4, 0.5) is 5.69 Å². The third-order valence-corrected chi connectivity index (χ3v) is 4.08. The van der Waals surface area contributed by atoms with Gasteiger partial charge >= 0.3 is 0 Å². The Kier molecular flexibility index (Phi) is 8.85. The van der Waals surface area contributed by atoms with E-state index in [1.54, 1.807) is 18.2 Å². The molecule has 6 nitrogen and oxygen atoms in total. The summed E-state index contributed by atoms with van der Waals surface area (Å²) in [5.41, 5.74) is 0.812. The van der Waals surface area contributed by atoms with Crippen molar-refractivity contribution in [2.24, 2.45) is 0 Å². The fraction of sp³-hybridized carbons (Fsp3) is 0.421. The zero-order valence-electron chi connectivity index (χ0n) is 15.2. The molecule has 0 saturated heterocycles. The van der Waals surface area contributed by atoms with Crippen molar-refractivity contribution in [2.45, 2.75) is 39.5 Å². The van der Waals surface area contributed by atoms with Crippen molar-refractivity contribution in [2.75, 3.05) is 13.1 Å². The average Bonchev–Trinajstić information content (AvgIpc) is 3.11. The zero-order chi connectivity index (χ0) is 18.2. The lowest BCUT2D eigenvalue weighted by Crippen LogP contribution is -2.32. The smallest absolute Gasteiger partial charge is 0.269 e. The summed E-state index contributed by atoms with van der Waals surface area (Å²) in [7, 11) is 0. The SMILES string of the molecule is CCCCN(CCCC)C(=N)c1ccc(-c2ccc([N+](=O)[O-])cc2)o1.Cl. The highest BCUT2D eigenvalue weighted by Gasteiger charge is 2.16. The van der Waals surface area contributed by atoms with Gasteiger partial charge < -0.3 is 9.32 Å². The molecule has 0 atom stereocenters. The molecule has 0 fully saturated rings. The van der Waals surface area contributed by atoms with Crippen LogP contribution in [-0.4, -0.2) is 28.7 Å². The molecule has 1 N–H and O–H groups in total. The number of unbranched alkanes of at least 4 members (excludes halogenated alkanes) is 2. The van der Waals surface area contributed by atoms with Gasteiger partial charge in [0.25, 0.3) is 5.69 Å². The van der Waals surface area contributed by atoms with E-state index < -0.39 is 4.92 Å². The van der Waals surface area contributed by atoms with E-state index in [9.17, 15) is 10.1 Å². The molecular weight excluding hydrogens is 354 g/mol. The molecular formula is C19H26ClN3O3. The van der Waals surface area contributed by atoms with Crippen LogP contribution in [-0.2, 0) is 0 Å². The minimum atomic E-state index is -0.424. The van der Waals surface area contributed by atoms with Crippen LogP contribution in [0.5, 0.6) is 0 Å². The summed E-state index contributed by atoms with van der Waals surface area (Å²) in [6.07, 6.45) is 4.26. The fourth-order valence-corrected chi connectivity index (χ4v) is 2.56. The molecule has 0 aliphatic rings. The highest BCUT2D eigenvalue weighted by atomic mass is 35.5. The van der Waals surface area contributed by atoms with E-state index in [1.165, 1.54) is 12.1 Å². The number of hydrogen-bond donors (Lipinski definition) is 1. The van der Waals surface area contributed by atoms with Crippen LogP contribution in [0.1, 0.15) is 45.3 Å². The molecule has 26 heavy (non-hydrogen) atoms. The highest BCUT2D eigenvalue weighted by Crippen LogP contribution is 2.25. The van der Waals surface area contributed by atoms with Crippen molar-refractivity contribution < 1.29 is 9.34 Å². The Labute approximate surface area is 160 Å². The largest absolute Gasteiger partial charge is 0.453 e. The van der Waals surface area contributed by atoms with Gasteiger partial charge in [-0.3, -0.25) is 15.5 Å². The second kappa shape index (κ2) is 10.6. The van der Waals surface area contributed by atoms with Crippen LogP contribution >= 0.6 is 12.4 Å². The number of nitro benzene ring substituents is 1. The molecule has 0 amide bonds. The van der Waals surface area contributed by atoms with Crippen molar-refractivity contribution in [3.8, 4) is 11.3 Å². The summed E-state index contributed by atoms with van der Waals surface area (Å²) in [5, 5.41) is 19.2. The molecule has 0 saturated carbocycles. The number of amidine groups is 1. The van der Waals surface area contributed by atoms with E-state index >= 15 is 0 Å². The van der Waals surface area contributed by atoms with Crippen molar-refractivity contribution in [3.63, 3.8) is 0 Å². The summed E-state index contributed by atoms with van der Waals surface area (Å²) in [5.74, 6) is 1.54. The van der Waals surface area contributed by atoms with Gasteiger partial charge in [-0.15, -0.1) is 12.4 Å². The van der Waals surface area contributed by atoms with Gasteiger partial charge in [0, 0.05) is 30.8 Å². The molecule has 7 heteroatoms. The second-order valence-electron chi connectivity index (χ2n) is 6.01. The summed E-state index contributed by atoms with van der Waals surface area (Å²) in [4.78, 5) is 12.4. The van der Waals surface area contributed by atoms with Crippen LogP contribution in [0.15, 0.2) is 40.8 Å². The van der Waals surface area contributed by atoms with Gasteiger partial charge in [0.15, 0.2) is 11.6 Å². The van der Waals surface area contributed by atoms with Crippen LogP contribution < -0.4 is 0 Å². The number of hydrogen-bond acceptors (Lipinski definition) is 4. The molecule has 1 aromatic heterocycles. The lowest BCUT2D eigenvalue weighted by Gasteiger charge is -2.23. The normalized spacial score (nSPS) is 10.2. The van der Waals surface area contributed by atoms with E-state index in [1.807, 2.05) is 6.07 Å². The van der Waals surface area contributed by atoms with Gasteiger partial charge in [0.1, 0.15) is 5.76 Å². The molecule has 0 aliphatic carbocycles. The number of halogens is 1. The number of nitro groups is 1. The summed E-state index contributed by atoms with van der Waals surface area (Å²) < 4.78 is 5.84. The second-order valence-corrected chi connectivity index (χ2v) is 6.01. The van der Waals surface area contributed by atoms with E-state index in [4.69, 9.17) is 9.83 Å². The molecule has 2 rings (SSSR count). The molecule has 0 spiro atoms. The lowest BCUT2D eigenvalue weighted by atomic mass is 10.1. The van der Waals surface area contributed by atoms with Gasteiger partial charge in [-0.05, 0) is 37.1 Å². The monoisotopic (exact) mass is 379 g/mol. The van der Waals surface area contributed by atoms with E-state index in [0.717, 1.165) is 44.3 Å². The molecule has 0 unspecified atom stereocenters. The first-order valence-corrected chi connectivity index (χ1v) is 8.75. The molecule has 142 valence electrons. The maximum absolute atomic E-state index is 10.7. The Hall–Kier alpha value is -2.34. The van der Waals surface area contributed by atoms with Crippen molar-refractivity contribution in [1.82, 2.24) is 4.90 Å². The molecule has 0 aliphatic heterocycles. The van der Waals surface area contributed by atoms with Gasteiger partial charge in [-0.1, -0.05) is 26.7 Å². The summed E-state index contributed by atoms with van der Waals surface area (Å²) in [6, 6.07) is 9.84. The standard InChI is InChI=1S/C19H25N3O3.ClH/c1-3-5-13-21(14-6-4-2)19(20)18-12-11-17(25-18)15-7-9-16(10-8-15)22(23)24;/h7-12,20H,3-6,13-14H2,1-2H3;1H. The molecule has 0 bridgehead atoms. The Morgan fingerprint density at radius 3 is 2.15 bits per heavy atom. The van der Waals surface area contributed by atoms with E-state index in [-0.39, 0.29) is 18.1 Å². The third-order valence-electron chi connectivity index (χ3n) is 4.08. The van der Waals surface area contributed by atoms with Crippen LogP contribution in [0.3, 0.4) is 0 Å². The Bertz CT molecular complexity index is 705. The quantitative estimate of drug-likeness (QED) is 0.269. The fourth-order valence-electron chi connectivity index (χ4n) is 2.56. The van der Waals surface area contributed by atoms with Crippen molar-refractivity contribution in [1.29, 1.82) is 5.41 Å². The highest BCUT2D eigenvalue weighted by molar-refractivity contribution is 5.94. The zero-order valence-corrected chi connectivity index (χ0v) is 16.1. The maximum atomic E-state index is 10.7. The molecule has 0 radical (unpaired) electrons. The van der Waals surface area contributed by atoms with Crippen LogP contribution in [0.2, 0.25) is 0 Å².